The number of carbonyl (C=O) groups excluding carboxylic acids is 1. The molecular formula is C25H32N6O3. The summed E-state index contributed by atoms with van der Waals surface area (Å²) >= 11 is 0. The van der Waals surface area contributed by atoms with Crippen molar-refractivity contribution < 1.29 is 13.9 Å². The Hall–Kier alpha value is -3.43. The zero-order valence-electron chi connectivity index (χ0n) is 20.0. The van der Waals surface area contributed by atoms with Gasteiger partial charge in [-0.1, -0.05) is 24.3 Å². The average molecular weight is 465 g/mol. The van der Waals surface area contributed by atoms with Crippen molar-refractivity contribution in [3.63, 3.8) is 0 Å². The van der Waals surface area contributed by atoms with Crippen LogP contribution in [-0.2, 0) is 30.9 Å². The van der Waals surface area contributed by atoms with Gasteiger partial charge >= 0.3 is 0 Å². The number of rotatable bonds is 9. The molecule has 0 saturated carbocycles. The van der Waals surface area contributed by atoms with Crippen molar-refractivity contribution >= 4 is 17.7 Å². The van der Waals surface area contributed by atoms with Crippen molar-refractivity contribution in [2.75, 3.05) is 45.7 Å². The molecule has 0 atom stereocenters. The van der Waals surface area contributed by atoms with Gasteiger partial charge in [0.1, 0.15) is 18.2 Å². The maximum atomic E-state index is 12.4. The molecule has 1 aliphatic rings. The molecule has 0 bridgehead atoms. The van der Waals surface area contributed by atoms with Crippen molar-refractivity contribution in [3.8, 4) is 0 Å². The first-order valence-corrected chi connectivity index (χ1v) is 11.5. The first-order valence-electron chi connectivity index (χ1n) is 11.5. The molecule has 4 rings (SSSR count). The van der Waals surface area contributed by atoms with Gasteiger partial charge in [-0.15, -0.1) is 10.2 Å². The van der Waals surface area contributed by atoms with Gasteiger partial charge in [-0.25, -0.2) is 0 Å². The highest BCUT2D eigenvalue weighted by Gasteiger charge is 2.19. The van der Waals surface area contributed by atoms with E-state index in [1.165, 1.54) is 11.3 Å². The number of methoxy groups -OCH3 is 1. The van der Waals surface area contributed by atoms with Crippen LogP contribution in [0.25, 0.3) is 6.08 Å². The summed E-state index contributed by atoms with van der Waals surface area (Å²) < 4.78 is 12.6. The Balaban J connectivity index is 1.28. The molecular weight excluding hydrogens is 432 g/mol. The predicted molar refractivity (Wildman–Crippen MR) is 131 cm³/mol. The molecule has 0 unspecified atom stereocenters. The van der Waals surface area contributed by atoms with Crippen LogP contribution in [0.2, 0.25) is 0 Å². The molecule has 34 heavy (non-hydrogen) atoms. The Morgan fingerprint density at radius 3 is 2.74 bits per heavy atom. The lowest BCUT2D eigenvalue weighted by atomic mass is 10.2. The van der Waals surface area contributed by atoms with Crippen molar-refractivity contribution in [1.82, 2.24) is 25.0 Å². The molecule has 180 valence electrons. The molecule has 1 aromatic carbocycles. The third kappa shape index (κ3) is 5.92. The third-order valence-electron chi connectivity index (χ3n) is 5.86. The van der Waals surface area contributed by atoms with Crippen molar-refractivity contribution in [2.24, 2.45) is 0 Å². The number of benzene rings is 1. The predicted octanol–water partition coefficient (Wildman–Crippen LogP) is 2.58. The van der Waals surface area contributed by atoms with Crippen LogP contribution < -0.4 is 10.2 Å². The Bertz CT molecular complexity index is 1120. The molecule has 9 nitrogen and oxygen atoms in total. The Labute approximate surface area is 200 Å². The fourth-order valence-corrected chi connectivity index (χ4v) is 3.93. The van der Waals surface area contributed by atoms with Crippen molar-refractivity contribution in [1.29, 1.82) is 0 Å². The monoisotopic (exact) mass is 464 g/mol. The van der Waals surface area contributed by atoms with Crippen LogP contribution in [0.5, 0.6) is 0 Å². The minimum absolute atomic E-state index is 0.261. The van der Waals surface area contributed by atoms with Crippen LogP contribution in [0.4, 0.5) is 5.69 Å². The van der Waals surface area contributed by atoms with Gasteiger partial charge in [-0.2, -0.15) is 0 Å². The molecule has 1 amide bonds. The highest BCUT2D eigenvalue weighted by Crippen LogP contribution is 2.14. The number of furan rings is 1. The molecule has 0 spiro atoms. The number of anilines is 1. The second-order valence-corrected chi connectivity index (χ2v) is 8.50. The van der Waals surface area contributed by atoms with E-state index < -0.39 is 0 Å². The number of carbonyl (C=O) groups is 1. The zero-order chi connectivity index (χ0) is 23.9. The number of nitrogens with one attached hydrogen (secondary N) is 1. The average Bonchev–Trinajstić information content (AvgIpc) is 3.41. The fraction of sp³-hybridized carbons (Fsp3) is 0.400. The van der Waals surface area contributed by atoms with E-state index in [4.69, 9.17) is 9.15 Å². The molecule has 2 aromatic heterocycles. The van der Waals surface area contributed by atoms with E-state index in [2.05, 4.69) is 66.3 Å². The number of nitrogens with zero attached hydrogens (tertiary/aromatic N) is 5. The quantitative estimate of drug-likeness (QED) is 0.521. The molecule has 0 fully saturated rings. The lowest BCUT2D eigenvalue weighted by molar-refractivity contribution is 0.0913. The first-order chi connectivity index (χ1) is 16.5. The van der Waals surface area contributed by atoms with Gasteiger partial charge in [0.2, 0.25) is 0 Å². The molecule has 9 heteroatoms. The highest BCUT2D eigenvalue weighted by atomic mass is 16.5. The lowest BCUT2D eigenvalue weighted by Gasteiger charge is -2.17. The van der Waals surface area contributed by atoms with Gasteiger partial charge < -0.3 is 23.9 Å². The summed E-state index contributed by atoms with van der Waals surface area (Å²) in [5.41, 5.74) is 2.39. The van der Waals surface area contributed by atoms with E-state index in [1.54, 1.807) is 19.2 Å². The van der Waals surface area contributed by atoms with E-state index in [1.807, 2.05) is 14.1 Å². The van der Waals surface area contributed by atoms with Crippen LogP contribution in [0.15, 0.2) is 46.9 Å². The molecule has 3 heterocycles. The second kappa shape index (κ2) is 11.1. The van der Waals surface area contributed by atoms with Gasteiger partial charge in [0, 0.05) is 59.5 Å². The summed E-state index contributed by atoms with van der Waals surface area (Å²) in [6, 6.07) is 11.9. The third-order valence-corrected chi connectivity index (χ3v) is 5.86. The minimum Gasteiger partial charge on any atom is -0.453 e. The van der Waals surface area contributed by atoms with Crippen LogP contribution >= 0.6 is 0 Å². The number of fused-ring (bicyclic) bond motifs is 1. The molecule has 3 aromatic rings. The lowest BCUT2D eigenvalue weighted by Crippen LogP contribution is -2.28. The zero-order valence-corrected chi connectivity index (χ0v) is 20.0. The summed E-state index contributed by atoms with van der Waals surface area (Å²) in [6.07, 6.45) is 5.20. The van der Waals surface area contributed by atoms with Crippen LogP contribution in [0.1, 0.15) is 33.5 Å². The molecule has 0 saturated heterocycles. The number of amides is 1. The first kappa shape index (κ1) is 23.7. The standard InChI is InChI=1S/C25H32N6O3/c1-29(2)20-8-6-19(7-9-20)5-4-13-30-14-12-23-27-28-24(31(23)16-15-30)17-26-25(32)22-11-10-21(34-22)18-33-3/h4-11H,12-18H2,1-3H3,(H,26,32). The van der Waals surface area contributed by atoms with Crippen LogP contribution in [0, 0.1) is 0 Å². The Morgan fingerprint density at radius 2 is 1.97 bits per heavy atom. The van der Waals surface area contributed by atoms with Crippen LogP contribution in [-0.4, -0.2) is 66.4 Å². The van der Waals surface area contributed by atoms with Gasteiger partial charge in [-0.05, 0) is 29.8 Å². The van der Waals surface area contributed by atoms with E-state index >= 15 is 0 Å². The van der Waals surface area contributed by atoms with Crippen molar-refractivity contribution in [3.05, 3.63) is 71.2 Å². The number of aromatic nitrogens is 3. The normalized spacial score (nSPS) is 14.2. The summed E-state index contributed by atoms with van der Waals surface area (Å²) in [4.78, 5) is 16.9. The van der Waals surface area contributed by atoms with Crippen molar-refractivity contribution in [2.45, 2.75) is 26.1 Å². The van der Waals surface area contributed by atoms with Gasteiger partial charge in [0.05, 0.1) is 6.54 Å². The fourth-order valence-electron chi connectivity index (χ4n) is 3.93. The minimum atomic E-state index is -0.279. The SMILES string of the molecule is COCc1ccc(C(=O)NCc2nnc3n2CCN(CC=Cc2ccc(N(C)C)cc2)CC3)o1. The number of hydrogen-bond acceptors (Lipinski definition) is 7. The second-order valence-electron chi connectivity index (χ2n) is 8.50. The van der Waals surface area contributed by atoms with E-state index in [0.29, 0.717) is 18.9 Å². The number of ether oxygens (including phenoxy) is 1. The summed E-state index contributed by atoms with van der Waals surface area (Å²) in [7, 11) is 5.67. The Morgan fingerprint density at radius 1 is 1.15 bits per heavy atom. The van der Waals surface area contributed by atoms with E-state index in [9.17, 15) is 4.79 Å². The summed E-state index contributed by atoms with van der Waals surface area (Å²) in [5, 5.41) is 11.5. The molecule has 0 aliphatic carbocycles. The summed E-state index contributed by atoms with van der Waals surface area (Å²) in [5.74, 6) is 2.31. The van der Waals surface area contributed by atoms with E-state index in [0.717, 1.165) is 44.2 Å². The largest absolute Gasteiger partial charge is 0.453 e. The Kier molecular flexibility index (Phi) is 7.76. The van der Waals surface area contributed by atoms with Crippen LogP contribution in [0.3, 0.4) is 0 Å². The van der Waals surface area contributed by atoms with Gasteiger partial charge in [-0.3, -0.25) is 9.69 Å². The molecule has 1 aliphatic heterocycles. The van der Waals surface area contributed by atoms with E-state index in [-0.39, 0.29) is 11.7 Å². The maximum Gasteiger partial charge on any atom is 0.287 e. The highest BCUT2D eigenvalue weighted by molar-refractivity contribution is 5.91. The smallest absolute Gasteiger partial charge is 0.287 e. The van der Waals surface area contributed by atoms with Gasteiger partial charge in [0.25, 0.3) is 5.91 Å². The molecule has 1 N–H and O–H groups in total. The van der Waals surface area contributed by atoms with Gasteiger partial charge in [0.15, 0.2) is 11.6 Å². The maximum absolute atomic E-state index is 12.4. The number of hydrogen-bond donors (Lipinski definition) is 1. The molecule has 0 radical (unpaired) electrons. The topological polar surface area (TPSA) is 88.7 Å². The summed E-state index contributed by atoms with van der Waals surface area (Å²) in [6.45, 7) is 4.12.